The molecule has 2 amide bonds. The molecular weight excluding hydrogens is 564 g/mol. The molecule has 4 rings (SSSR count). The number of benzene rings is 1. The molecule has 0 aliphatic heterocycles. The minimum Gasteiger partial charge on any atom is -0.493 e. The van der Waals surface area contributed by atoms with Gasteiger partial charge in [0.15, 0.2) is 11.5 Å². The molecule has 0 fully saturated rings. The van der Waals surface area contributed by atoms with Crippen LogP contribution in [0.1, 0.15) is 50.8 Å². The zero-order valence-corrected chi connectivity index (χ0v) is 26.2. The van der Waals surface area contributed by atoms with Crippen LogP contribution in [0.5, 0.6) is 23.1 Å². The van der Waals surface area contributed by atoms with Gasteiger partial charge in [0.2, 0.25) is 28.9 Å². The van der Waals surface area contributed by atoms with Crippen molar-refractivity contribution in [2.75, 3.05) is 39.1 Å². The van der Waals surface area contributed by atoms with Crippen LogP contribution in [0.2, 0.25) is 0 Å². The standard InChI is InChI=1S/C33H40N4O7/c1-18(2)15-26(32(40)37-25-9-8-14-34-33(25)44-7)36-24-13-11-21-22(17-27(24)39)23(35-19(3)38)12-10-20-16-28(41-4)30(42-5)31(43-6)29(20)21/h8-9,11,13-14,16-18,23,26H,10,12,15H2,1-7H3,(H,35,38)(H,36,39)(H,37,40)/t23-,26-/m0/s1. The summed E-state index contributed by atoms with van der Waals surface area (Å²) in [5.41, 5.74) is 3.33. The lowest BCUT2D eigenvalue weighted by molar-refractivity contribution is -0.120. The molecule has 1 aromatic heterocycles. The van der Waals surface area contributed by atoms with E-state index >= 15 is 0 Å². The lowest BCUT2D eigenvalue weighted by Crippen LogP contribution is -2.37. The van der Waals surface area contributed by atoms with E-state index < -0.39 is 12.1 Å². The molecule has 44 heavy (non-hydrogen) atoms. The van der Waals surface area contributed by atoms with Crippen molar-refractivity contribution in [3.63, 3.8) is 0 Å². The van der Waals surface area contributed by atoms with Crippen molar-refractivity contribution in [1.29, 1.82) is 0 Å². The molecule has 2 aromatic carbocycles. The van der Waals surface area contributed by atoms with Crippen LogP contribution in [0.3, 0.4) is 0 Å². The summed E-state index contributed by atoms with van der Waals surface area (Å²) in [5.74, 6) is 1.27. The van der Waals surface area contributed by atoms with Crippen LogP contribution in [0.4, 0.5) is 11.4 Å². The summed E-state index contributed by atoms with van der Waals surface area (Å²) in [5, 5.41) is 9.08. The first kappa shape index (κ1) is 32.1. The summed E-state index contributed by atoms with van der Waals surface area (Å²) in [6.07, 6.45) is 3.15. The second-order valence-electron chi connectivity index (χ2n) is 11.0. The number of rotatable bonds is 11. The van der Waals surface area contributed by atoms with Gasteiger partial charge in [-0.2, -0.15) is 0 Å². The van der Waals surface area contributed by atoms with Gasteiger partial charge in [0.1, 0.15) is 11.7 Å². The Bertz CT molecular complexity index is 1590. The minimum absolute atomic E-state index is 0.140. The molecule has 1 aliphatic carbocycles. The van der Waals surface area contributed by atoms with Gasteiger partial charge in [-0.05, 0) is 72.2 Å². The molecule has 11 nitrogen and oxygen atoms in total. The fourth-order valence-electron chi connectivity index (χ4n) is 5.59. The van der Waals surface area contributed by atoms with Gasteiger partial charge in [-0.3, -0.25) is 14.4 Å². The maximum Gasteiger partial charge on any atom is 0.247 e. The maximum absolute atomic E-state index is 13.8. The van der Waals surface area contributed by atoms with Gasteiger partial charge in [0.05, 0.1) is 40.2 Å². The second kappa shape index (κ2) is 14.1. The topological polar surface area (TPSA) is 137 Å². The molecule has 0 radical (unpaired) electrons. The van der Waals surface area contributed by atoms with Gasteiger partial charge in [0, 0.05) is 18.7 Å². The summed E-state index contributed by atoms with van der Waals surface area (Å²) in [4.78, 5) is 43.7. The zero-order valence-electron chi connectivity index (χ0n) is 26.2. The molecule has 11 heteroatoms. The molecule has 0 unspecified atom stereocenters. The number of nitrogens with zero attached hydrogens (tertiary/aromatic N) is 1. The SMILES string of the molecule is COc1cc2c(c(OC)c1OC)-c1ccc(N[C@@H](CC(C)C)C(=O)Nc3cccnc3OC)c(=O)cc1[C@@H](NC(C)=O)CC2. The number of amides is 2. The van der Waals surface area contributed by atoms with Crippen molar-refractivity contribution in [2.24, 2.45) is 5.92 Å². The highest BCUT2D eigenvalue weighted by Crippen LogP contribution is 2.50. The average molecular weight is 605 g/mol. The monoisotopic (exact) mass is 604 g/mol. The van der Waals surface area contributed by atoms with Gasteiger partial charge < -0.3 is 34.9 Å². The third-order valence-electron chi connectivity index (χ3n) is 7.49. The molecule has 1 aliphatic rings. The number of hydrogen-bond donors (Lipinski definition) is 3. The van der Waals surface area contributed by atoms with Gasteiger partial charge >= 0.3 is 0 Å². The summed E-state index contributed by atoms with van der Waals surface area (Å²) >= 11 is 0. The Hall–Kier alpha value is -4.80. The summed E-state index contributed by atoms with van der Waals surface area (Å²) < 4.78 is 22.4. The second-order valence-corrected chi connectivity index (χ2v) is 11.0. The lowest BCUT2D eigenvalue weighted by atomic mass is 9.95. The van der Waals surface area contributed by atoms with E-state index in [-0.39, 0.29) is 34.7 Å². The number of carbonyl (C=O) groups is 2. The fraction of sp³-hybridized carbons (Fsp3) is 0.394. The van der Waals surface area contributed by atoms with Crippen LogP contribution >= 0.6 is 0 Å². The summed E-state index contributed by atoms with van der Waals surface area (Å²) in [6.45, 7) is 5.45. The zero-order chi connectivity index (χ0) is 32.0. The van der Waals surface area contributed by atoms with Crippen molar-refractivity contribution in [2.45, 2.75) is 52.1 Å². The molecule has 0 saturated heterocycles. The number of aryl methyl sites for hydroxylation is 1. The van der Waals surface area contributed by atoms with E-state index in [1.165, 1.54) is 27.2 Å². The molecule has 1 heterocycles. The largest absolute Gasteiger partial charge is 0.493 e. The number of hydrogen-bond acceptors (Lipinski definition) is 9. The number of anilines is 2. The number of ether oxygens (including phenoxy) is 4. The number of pyridine rings is 1. The van der Waals surface area contributed by atoms with Crippen molar-refractivity contribution < 1.29 is 28.5 Å². The summed E-state index contributed by atoms with van der Waals surface area (Å²) in [6, 6.07) is 9.12. The first-order valence-electron chi connectivity index (χ1n) is 14.5. The predicted molar refractivity (Wildman–Crippen MR) is 169 cm³/mol. The lowest BCUT2D eigenvalue weighted by Gasteiger charge is -2.21. The molecule has 3 N–H and O–H groups in total. The molecule has 3 aromatic rings. The Morgan fingerprint density at radius 2 is 1.73 bits per heavy atom. The highest BCUT2D eigenvalue weighted by atomic mass is 16.5. The van der Waals surface area contributed by atoms with E-state index in [1.807, 2.05) is 26.0 Å². The molecule has 234 valence electrons. The Morgan fingerprint density at radius 3 is 2.36 bits per heavy atom. The first-order chi connectivity index (χ1) is 21.1. The van der Waals surface area contributed by atoms with E-state index in [1.54, 1.807) is 38.6 Å². The Labute approximate surface area is 257 Å². The smallest absolute Gasteiger partial charge is 0.247 e. The van der Waals surface area contributed by atoms with E-state index in [2.05, 4.69) is 20.9 Å². The normalized spacial score (nSPS) is 14.3. The van der Waals surface area contributed by atoms with Gasteiger partial charge in [0.25, 0.3) is 0 Å². The highest BCUT2D eigenvalue weighted by molar-refractivity contribution is 5.97. The number of aromatic nitrogens is 1. The highest BCUT2D eigenvalue weighted by Gasteiger charge is 2.30. The number of fused-ring (bicyclic) bond motifs is 3. The van der Waals surface area contributed by atoms with Crippen LogP contribution in [0, 0.1) is 5.92 Å². The Kier molecular flexibility index (Phi) is 10.3. The van der Waals surface area contributed by atoms with Crippen LogP contribution < -0.4 is 40.3 Å². The van der Waals surface area contributed by atoms with Crippen LogP contribution in [-0.2, 0) is 16.0 Å². The van der Waals surface area contributed by atoms with E-state index in [0.717, 1.165) is 11.1 Å². The molecule has 0 spiro atoms. The van der Waals surface area contributed by atoms with Gasteiger partial charge in [-0.25, -0.2) is 4.98 Å². The number of carbonyl (C=O) groups excluding carboxylic acids is 2. The average Bonchev–Trinajstić information content (AvgIpc) is 3.24. The van der Waals surface area contributed by atoms with Crippen molar-refractivity contribution >= 4 is 23.2 Å². The van der Waals surface area contributed by atoms with Crippen LogP contribution in [-0.4, -0.2) is 51.3 Å². The number of nitrogens with one attached hydrogen (secondary N) is 3. The Balaban J connectivity index is 1.85. The van der Waals surface area contributed by atoms with Gasteiger partial charge in [-0.1, -0.05) is 19.9 Å². The molecular formula is C33H40N4O7. The minimum atomic E-state index is -0.743. The van der Waals surface area contributed by atoms with E-state index in [9.17, 15) is 14.4 Å². The first-order valence-corrected chi connectivity index (χ1v) is 14.5. The van der Waals surface area contributed by atoms with Crippen molar-refractivity contribution in [3.05, 3.63) is 63.9 Å². The number of methoxy groups -OCH3 is 4. The maximum atomic E-state index is 13.8. The van der Waals surface area contributed by atoms with E-state index in [4.69, 9.17) is 18.9 Å². The van der Waals surface area contributed by atoms with Gasteiger partial charge in [-0.15, -0.1) is 0 Å². The third-order valence-corrected chi connectivity index (χ3v) is 7.49. The predicted octanol–water partition coefficient (Wildman–Crippen LogP) is 4.73. The van der Waals surface area contributed by atoms with Crippen LogP contribution in [0.15, 0.2) is 47.4 Å². The summed E-state index contributed by atoms with van der Waals surface area (Å²) in [7, 11) is 6.12. The van der Waals surface area contributed by atoms with E-state index in [0.29, 0.717) is 53.3 Å². The van der Waals surface area contributed by atoms with Crippen molar-refractivity contribution in [3.8, 4) is 34.3 Å². The molecule has 0 saturated carbocycles. The third kappa shape index (κ3) is 6.88. The van der Waals surface area contributed by atoms with Crippen molar-refractivity contribution in [1.82, 2.24) is 10.3 Å². The van der Waals surface area contributed by atoms with Crippen LogP contribution in [0.25, 0.3) is 11.1 Å². The molecule has 0 bridgehead atoms. The fourth-order valence-corrected chi connectivity index (χ4v) is 5.59. The quantitative estimate of drug-likeness (QED) is 0.284. The molecule has 2 atom stereocenters. The Morgan fingerprint density at radius 1 is 0.977 bits per heavy atom.